The SMILES string of the molecule is CCCCCCCCc1ccc(-c2c(-c3cc(F)c(F)c(F)c3)cc(F)c(C=O)c2F)cc1. The van der Waals surface area contributed by atoms with E-state index in [0.717, 1.165) is 30.9 Å². The first-order chi connectivity index (χ1) is 15.9. The monoisotopic (exact) mass is 460 g/mol. The summed E-state index contributed by atoms with van der Waals surface area (Å²) in [7, 11) is 0. The highest BCUT2D eigenvalue weighted by molar-refractivity contribution is 5.89. The second kappa shape index (κ2) is 11.2. The lowest BCUT2D eigenvalue weighted by Gasteiger charge is -2.15. The molecular formula is C27H25F5O. The van der Waals surface area contributed by atoms with Gasteiger partial charge in [-0.2, -0.15) is 0 Å². The number of rotatable bonds is 10. The molecule has 0 spiro atoms. The summed E-state index contributed by atoms with van der Waals surface area (Å²) in [4.78, 5) is 11.2. The zero-order valence-corrected chi connectivity index (χ0v) is 18.4. The van der Waals surface area contributed by atoms with Gasteiger partial charge in [0.1, 0.15) is 11.6 Å². The predicted molar refractivity (Wildman–Crippen MR) is 120 cm³/mol. The van der Waals surface area contributed by atoms with Crippen molar-refractivity contribution in [2.24, 2.45) is 0 Å². The van der Waals surface area contributed by atoms with E-state index in [1.54, 1.807) is 24.3 Å². The molecule has 3 aromatic carbocycles. The van der Waals surface area contributed by atoms with Crippen LogP contribution in [0.15, 0.2) is 42.5 Å². The Kier molecular flexibility index (Phi) is 8.37. The van der Waals surface area contributed by atoms with Crippen molar-refractivity contribution in [1.82, 2.24) is 0 Å². The first-order valence-corrected chi connectivity index (χ1v) is 11.1. The topological polar surface area (TPSA) is 17.1 Å². The van der Waals surface area contributed by atoms with Crippen molar-refractivity contribution in [2.45, 2.75) is 51.9 Å². The molecule has 0 amide bonds. The molecule has 0 aliphatic carbocycles. The summed E-state index contributed by atoms with van der Waals surface area (Å²) in [5.41, 5.74) is -0.0527. The zero-order valence-electron chi connectivity index (χ0n) is 18.4. The Balaban J connectivity index is 1.96. The van der Waals surface area contributed by atoms with Gasteiger partial charge in [-0.05, 0) is 53.3 Å². The molecule has 0 aromatic heterocycles. The predicted octanol–water partition coefficient (Wildman–Crippen LogP) is 8.43. The van der Waals surface area contributed by atoms with E-state index < -0.39 is 34.6 Å². The van der Waals surface area contributed by atoms with Crippen LogP contribution in [0.25, 0.3) is 22.3 Å². The van der Waals surface area contributed by atoms with Crippen molar-refractivity contribution < 1.29 is 26.7 Å². The number of benzene rings is 3. The van der Waals surface area contributed by atoms with Gasteiger partial charge in [-0.15, -0.1) is 0 Å². The summed E-state index contributed by atoms with van der Waals surface area (Å²) < 4.78 is 70.6. The van der Waals surface area contributed by atoms with Crippen molar-refractivity contribution in [1.29, 1.82) is 0 Å². The van der Waals surface area contributed by atoms with Gasteiger partial charge >= 0.3 is 0 Å². The van der Waals surface area contributed by atoms with Crippen LogP contribution in [0.1, 0.15) is 61.4 Å². The number of carbonyl (C=O) groups excluding carboxylic acids is 1. The van der Waals surface area contributed by atoms with E-state index in [4.69, 9.17) is 0 Å². The average molecular weight is 460 g/mol. The fourth-order valence-electron chi connectivity index (χ4n) is 3.91. The van der Waals surface area contributed by atoms with Crippen LogP contribution in [-0.4, -0.2) is 6.29 Å². The lowest BCUT2D eigenvalue weighted by molar-refractivity contribution is 0.111. The first kappa shape index (κ1) is 24.6. The maximum absolute atomic E-state index is 15.2. The smallest absolute Gasteiger partial charge is 0.194 e. The fraction of sp³-hybridized carbons (Fsp3) is 0.296. The van der Waals surface area contributed by atoms with Crippen LogP contribution < -0.4 is 0 Å². The van der Waals surface area contributed by atoms with Gasteiger partial charge in [0.25, 0.3) is 0 Å². The van der Waals surface area contributed by atoms with E-state index in [1.165, 1.54) is 25.7 Å². The van der Waals surface area contributed by atoms with Gasteiger partial charge in [-0.3, -0.25) is 4.79 Å². The lowest BCUT2D eigenvalue weighted by Crippen LogP contribution is -2.01. The molecule has 0 atom stereocenters. The third kappa shape index (κ3) is 5.67. The van der Waals surface area contributed by atoms with Crippen LogP contribution in [0.3, 0.4) is 0 Å². The molecular weight excluding hydrogens is 435 g/mol. The van der Waals surface area contributed by atoms with E-state index in [-0.39, 0.29) is 23.0 Å². The summed E-state index contributed by atoms with van der Waals surface area (Å²) >= 11 is 0. The molecule has 0 radical (unpaired) electrons. The summed E-state index contributed by atoms with van der Waals surface area (Å²) in [6, 6.07) is 9.03. The summed E-state index contributed by atoms with van der Waals surface area (Å²) in [5, 5.41) is 0. The van der Waals surface area contributed by atoms with Gasteiger partial charge in [0, 0.05) is 5.56 Å². The third-order valence-electron chi connectivity index (χ3n) is 5.73. The van der Waals surface area contributed by atoms with Gasteiger partial charge < -0.3 is 0 Å². The number of aldehydes is 1. The second-order valence-corrected chi connectivity index (χ2v) is 8.10. The van der Waals surface area contributed by atoms with Gasteiger partial charge in [-0.1, -0.05) is 63.3 Å². The summed E-state index contributed by atoms with van der Waals surface area (Å²) in [5.74, 6) is -6.96. The Hall–Kier alpha value is -3.02. The molecule has 0 saturated heterocycles. The van der Waals surface area contributed by atoms with Gasteiger partial charge in [-0.25, -0.2) is 22.0 Å². The van der Waals surface area contributed by atoms with E-state index in [2.05, 4.69) is 6.92 Å². The van der Waals surface area contributed by atoms with Crippen LogP contribution >= 0.6 is 0 Å². The Morgan fingerprint density at radius 1 is 0.697 bits per heavy atom. The largest absolute Gasteiger partial charge is 0.298 e. The van der Waals surface area contributed by atoms with Crippen LogP contribution in [0.5, 0.6) is 0 Å². The van der Waals surface area contributed by atoms with E-state index in [9.17, 15) is 22.4 Å². The fourth-order valence-corrected chi connectivity index (χ4v) is 3.91. The Bertz CT molecular complexity index is 1100. The van der Waals surface area contributed by atoms with Crippen LogP contribution in [-0.2, 0) is 6.42 Å². The highest BCUT2D eigenvalue weighted by atomic mass is 19.2. The van der Waals surface area contributed by atoms with E-state index in [1.807, 2.05) is 0 Å². The molecule has 0 fully saturated rings. The average Bonchev–Trinajstić information content (AvgIpc) is 2.80. The number of hydrogen-bond donors (Lipinski definition) is 0. The number of carbonyl (C=O) groups is 1. The quantitative estimate of drug-likeness (QED) is 0.128. The van der Waals surface area contributed by atoms with Crippen molar-refractivity contribution >= 4 is 6.29 Å². The minimum atomic E-state index is -1.68. The Morgan fingerprint density at radius 2 is 1.30 bits per heavy atom. The molecule has 0 heterocycles. The molecule has 0 N–H and O–H groups in total. The standard InChI is InChI=1S/C27H25F5O/c1-2-3-4-5-6-7-8-17-9-11-18(12-10-17)25-20(15-22(28)21(16-33)26(25)31)19-13-23(29)27(32)24(30)14-19/h9-16H,2-8H2,1H3. The summed E-state index contributed by atoms with van der Waals surface area (Å²) in [6.07, 6.45) is 7.83. The normalized spacial score (nSPS) is 11.1. The van der Waals surface area contributed by atoms with E-state index in [0.29, 0.717) is 17.7 Å². The molecule has 33 heavy (non-hydrogen) atoms. The maximum Gasteiger partial charge on any atom is 0.194 e. The van der Waals surface area contributed by atoms with Crippen LogP contribution in [0.4, 0.5) is 22.0 Å². The summed E-state index contributed by atoms with van der Waals surface area (Å²) in [6.45, 7) is 2.16. The van der Waals surface area contributed by atoms with Gasteiger partial charge in [0.2, 0.25) is 0 Å². The molecule has 3 rings (SSSR count). The zero-order chi connectivity index (χ0) is 24.0. The molecule has 0 bridgehead atoms. The van der Waals surface area contributed by atoms with Crippen LogP contribution in [0.2, 0.25) is 0 Å². The van der Waals surface area contributed by atoms with Gasteiger partial charge in [0.15, 0.2) is 23.7 Å². The third-order valence-corrected chi connectivity index (χ3v) is 5.73. The van der Waals surface area contributed by atoms with Gasteiger partial charge in [0.05, 0.1) is 5.56 Å². The highest BCUT2D eigenvalue weighted by Gasteiger charge is 2.22. The Labute approximate surface area is 190 Å². The molecule has 0 unspecified atom stereocenters. The van der Waals surface area contributed by atoms with Crippen LogP contribution in [0, 0.1) is 29.1 Å². The maximum atomic E-state index is 15.2. The number of halogens is 5. The molecule has 6 heteroatoms. The molecule has 3 aromatic rings. The highest BCUT2D eigenvalue weighted by Crippen LogP contribution is 2.38. The molecule has 0 saturated carbocycles. The van der Waals surface area contributed by atoms with Crippen molar-refractivity contribution in [3.8, 4) is 22.3 Å². The van der Waals surface area contributed by atoms with Crippen molar-refractivity contribution in [3.05, 3.63) is 82.7 Å². The number of aryl methyl sites for hydroxylation is 1. The number of unbranched alkanes of at least 4 members (excludes halogenated alkanes) is 5. The molecule has 0 aliphatic rings. The number of hydrogen-bond acceptors (Lipinski definition) is 1. The minimum absolute atomic E-state index is 0.0523. The van der Waals surface area contributed by atoms with Crippen molar-refractivity contribution in [2.75, 3.05) is 0 Å². The first-order valence-electron chi connectivity index (χ1n) is 11.1. The minimum Gasteiger partial charge on any atom is -0.298 e. The molecule has 0 aliphatic heterocycles. The second-order valence-electron chi connectivity index (χ2n) is 8.10. The lowest BCUT2D eigenvalue weighted by atomic mass is 9.91. The van der Waals surface area contributed by atoms with E-state index >= 15 is 4.39 Å². The van der Waals surface area contributed by atoms with Crippen molar-refractivity contribution in [3.63, 3.8) is 0 Å². The molecule has 1 nitrogen and oxygen atoms in total. The Morgan fingerprint density at radius 3 is 1.91 bits per heavy atom. The molecule has 174 valence electrons.